The Bertz CT molecular complexity index is 1150. The van der Waals surface area contributed by atoms with Crippen LogP contribution < -0.4 is 15.7 Å². The van der Waals surface area contributed by atoms with Crippen molar-refractivity contribution in [1.82, 2.24) is 20.5 Å². The fourth-order valence-electron chi connectivity index (χ4n) is 3.44. The van der Waals surface area contributed by atoms with Crippen molar-refractivity contribution < 1.29 is 0 Å². The third kappa shape index (κ3) is 6.29. The van der Waals surface area contributed by atoms with Gasteiger partial charge in [0.15, 0.2) is 10.8 Å². The highest BCUT2D eigenvalue weighted by molar-refractivity contribution is 7.22. The summed E-state index contributed by atoms with van der Waals surface area (Å²) in [5, 5.41) is 13.1. The summed E-state index contributed by atoms with van der Waals surface area (Å²) in [6.07, 6.45) is 20.9. The van der Waals surface area contributed by atoms with E-state index in [1.807, 2.05) is 24.4 Å². The van der Waals surface area contributed by atoms with Crippen LogP contribution in [0.4, 0.5) is 5.13 Å². The average Bonchev–Trinajstić information content (AvgIpc) is 3.30. The number of thiazole rings is 1. The van der Waals surface area contributed by atoms with Gasteiger partial charge in [0.05, 0.1) is 10.4 Å². The maximum atomic E-state index is 6.38. The molecule has 3 heterocycles. The third-order valence-corrected chi connectivity index (χ3v) is 5.94. The van der Waals surface area contributed by atoms with E-state index < -0.39 is 0 Å². The summed E-state index contributed by atoms with van der Waals surface area (Å²) in [5.41, 5.74) is 5.13. The summed E-state index contributed by atoms with van der Waals surface area (Å²) >= 11 is 1.66. The van der Waals surface area contributed by atoms with Crippen LogP contribution in [0.1, 0.15) is 18.9 Å². The number of nitrogens with one attached hydrogen (secondary N) is 1. The number of allylic oxidation sites excluding steroid dienone is 2. The SMILES string of the molecule is C#C.C#C.[B]c1cc(/C(C=NC)=C/CC)ccc1-c1cc2sc(N3CCNCC3)nc2nn1. The highest BCUT2D eigenvalue weighted by Gasteiger charge is 2.16. The number of fused-ring (bicyclic) bond motifs is 1. The van der Waals surface area contributed by atoms with Gasteiger partial charge in [0, 0.05) is 39.4 Å². The number of aromatic nitrogens is 3. The Balaban J connectivity index is 0.000000914. The van der Waals surface area contributed by atoms with Crippen molar-refractivity contribution >= 4 is 51.9 Å². The van der Waals surface area contributed by atoms with Gasteiger partial charge in [-0.15, -0.1) is 35.9 Å². The number of hydrogen-bond acceptors (Lipinski definition) is 7. The summed E-state index contributed by atoms with van der Waals surface area (Å²) in [5.74, 6) is 0. The molecule has 1 fully saturated rings. The van der Waals surface area contributed by atoms with Crippen LogP contribution in [0.3, 0.4) is 0 Å². The number of terminal acetylenes is 2. The molecule has 3 aromatic rings. The van der Waals surface area contributed by atoms with Crippen molar-refractivity contribution in [3.05, 3.63) is 35.9 Å². The zero-order valence-electron chi connectivity index (χ0n) is 19.0. The Morgan fingerprint density at radius 1 is 1.18 bits per heavy atom. The summed E-state index contributed by atoms with van der Waals surface area (Å²) in [6.45, 7) is 5.99. The van der Waals surface area contributed by atoms with Crippen LogP contribution in [-0.4, -0.2) is 62.5 Å². The smallest absolute Gasteiger partial charge is 0.194 e. The molecular weight excluding hydrogens is 427 g/mol. The number of hydrogen-bond donors (Lipinski definition) is 1. The van der Waals surface area contributed by atoms with Crippen LogP contribution >= 0.6 is 11.3 Å². The van der Waals surface area contributed by atoms with Crippen molar-refractivity contribution in [1.29, 1.82) is 0 Å². The van der Waals surface area contributed by atoms with Crippen LogP contribution in [0, 0.1) is 25.7 Å². The van der Waals surface area contributed by atoms with Crippen molar-refractivity contribution in [2.24, 2.45) is 4.99 Å². The van der Waals surface area contributed by atoms with E-state index in [9.17, 15) is 0 Å². The van der Waals surface area contributed by atoms with E-state index in [2.05, 4.69) is 75.1 Å². The molecule has 4 rings (SSSR count). The van der Waals surface area contributed by atoms with E-state index in [4.69, 9.17) is 7.85 Å². The number of nitrogens with zero attached hydrogens (tertiary/aromatic N) is 5. The summed E-state index contributed by atoms with van der Waals surface area (Å²) in [7, 11) is 8.16. The zero-order valence-corrected chi connectivity index (χ0v) is 19.8. The summed E-state index contributed by atoms with van der Waals surface area (Å²) < 4.78 is 1.02. The highest BCUT2D eigenvalue weighted by Crippen LogP contribution is 2.30. The largest absolute Gasteiger partial charge is 0.345 e. The molecule has 1 aromatic carbocycles. The predicted octanol–water partition coefficient (Wildman–Crippen LogP) is 2.95. The van der Waals surface area contributed by atoms with Crippen LogP contribution in [0.15, 0.2) is 35.3 Å². The molecule has 0 atom stereocenters. The van der Waals surface area contributed by atoms with E-state index in [1.54, 1.807) is 18.4 Å². The summed E-state index contributed by atoms with van der Waals surface area (Å²) in [4.78, 5) is 11.1. The van der Waals surface area contributed by atoms with Crippen LogP contribution in [-0.2, 0) is 0 Å². The van der Waals surface area contributed by atoms with E-state index in [-0.39, 0.29) is 0 Å². The minimum absolute atomic E-state index is 0.675. The first-order valence-electron chi connectivity index (χ1n) is 10.5. The first-order chi connectivity index (χ1) is 16.2. The maximum Gasteiger partial charge on any atom is 0.194 e. The molecular formula is C25H27BN6S. The predicted molar refractivity (Wildman–Crippen MR) is 144 cm³/mol. The molecule has 1 aliphatic rings. The van der Waals surface area contributed by atoms with E-state index in [1.165, 1.54) is 0 Å². The van der Waals surface area contributed by atoms with Crippen LogP contribution in [0.25, 0.3) is 27.2 Å². The summed E-state index contributed by atoms with van der Waals surface area (Å²) in [6, 6.07) is 8.07. The Morgan fingerprint density at radius 2 is 1.91 bits per heavy atom. The molecule has 1 saturated heterocycles. The van der Waals surface area contributed by atoms with Gasteiger partial charge in [0.2, 0.25) is 0 Å². The topological polar surface area (TPSA) is 66.3 Å². The monoisotopic (exact) mass is 454 g/mol. The molecule has 1 N–H and O–H groups in total. The van der Waals surface area contributed by atoms with Gasteiger partial charge in [-0.2, -0.15) is 4.98 Å². The normalized spacial score (nSPS) is 13.8. The highest BCUT2D eigenvalue weighted by atomic mass is 32.1. The molecule has 0 saturated carbocycles. The molecule has 2 aromatic heterocycles. The standard InChI is InChI=1S/C21H23BN6S.2C2H2/c1-3-4-15(13-23-2)14-5-6-16(17(22)11-14)18-12-19-20(27-26-18)25-21(29-19)28-9-7-24-8-10-28;2*1-2/h4-6,11-13,24H,3,7-10H2,1-2H3;2*1-2H/b15-4+,23-13?;;. The maximum absolute atomic E-state index is 6.38. The van der Waals surface area contributed by atoms with Gasteiger partial charge in [-0.05, 0) is 29.2 Å². The van der Waals surface area contributed by atoms with Gasteiger partial charge in [-0.3, -0.25) is 4.99 Å². The Morgan fingerprint density at radius 3 is 2.55 bits per heavy atom. The minimum atomic E-state index is 0.675. The molecule has 33 heavy (non-hydrogen) atoms. The number of piperazine rings is 1. The second-order valence-electron chi connectivity index (χ2n) is 6.91. The quantitative estimate of drug-likeness (QED) is 0.365. The molecule has 0 unspecified atom stereocenters. The van der Waals surface area contributed by atoms with Gasteiger partial charge in [0.1, 0.15) is 7.85 Å². The average molecular weight is 454 g/mol. The molecule has 1 aliphatic heterocycles. The van der Waals surface area contributed by atoms with Gasteiger partial charge >= 0.3 is 0 Å². The fourth-order valence-corrected chi connectivity index (χ4v) is 4.42. The number of anilines is 1. The molecule has 2 radical (unpaired) electrons. The molecule has 6 nitrogen and oxygen atoms in total. The molecule has 0 aliphatic carbocycles. The van der Waals surface area contributed by atoms with Crippen molar-refractivity contribution in [2.75, 3.05) is 38.1 Å². The van der Waals surface area contributed by atoms with Gasteiger partial charge in [-0.25, -0.2) is 0 Å². The number of benzene rings is 1. The number of rotatable bonds is 5. The van der Waals surface area contributed by atoms with Gasteiger partial charge in [0.25, 0.3) is 0 Å². The Kier molecular flexibility index (Phi) is 10.3. The molecule has 166 valence electrons. The lowest BCUT2D eigenvalue weighted by molar-refractivity contribution is 0.588. The lowest BCUT2D eigenvalue weighted by atomic mass is 9.86. The van der Waals surface area contributed by atoms with Gasteiger partial charge < -0.3 is 10.2 Å². The van der Waals surface area contributed by atoms with Crippen molar-refractivity contribution in [3.8, 4) is 37.0 Å². The second-order valence-corrected chi connectivity index (χ2v) is 7.92. The van der Waals surface area contributed by atoms with Crippen molar-refractivity contribution in [3.63, 3.8) is 0 Å². The number of aliphatic imine (C=N–C) groups is 1. The van der Waals surface area contributed by atoms with Gasteiger partial charge in [-0.1, -0.05) is 48.0 Å². The first kappa shape index (κ1) is 25.8. The first-order valence-corrected chi connectivity index (χ1v) is 11.3. The Hall–Kier alpha value is -3.46. The fraction of sp³-hybridized carbons (Fsp3) is 0.280. The lowest BCUT2D eigenvalue weighted by Crippen LogP contribution is -2.43. The van der Waals surface area contributed by atoms with E-state index >= 15 is 0 Å². The molecule has 0 amide bonds. The molecule has 0 bridgehead atoms. The Labute approximate surface area is 201 Å². The second kappa shape index (κ2) is 13.2. The molecule has 8 heteroatoms. The van der Waals surface area contributed by atoms with Crippen LogP contribution in [0.2, 0.25) is 0 Å². The molecule has 0 spiro atoms. The van der Waals surface area contributed by atoms with E-state index in [0.717, 1.165) is 64.8 Å². The van der Waals surface area contributed by atoms with Crippen molar-refractivity contribution in [2.45, 2.75) is 13.3 Å². The van der Waals surface area contributed by atoms with Crippen LogP contribution in [0.5, 0.6) is 0 Å². The minimum Gasteiger partial charge on any atom is -0.345 e. The zero-order chi connectivity index (χ0) is 24.2. The lowest BCUT2D eigenvalue weighted by Gasteiger charge is -2.26. The third-order valence-electron chi connectivity index (χ3n) is 4.88. The van der Waals surface area contributed by atoms with E-state index in [0.29, 0.717) is 11.1 Å².